The second-order valence-corrected chi connectivity index (χ2v) is 10.0. The molecule has 0 unspecified atom stereocenters. The van der Waals surface area contributed by atoms with Gasteiger partial charge in [0.15, 0.2) is 0 Å². The smallest absolute Gasteiger partial charge is 0.410 e. The van der Waals surface area contributed by atoms with Crippen molar-refractivity contribution >= 4 is 35.4 Å². The molecule has 31 heavy (non-hydrogen) atoms. The Balaban J connectivity index is 1.50. The number of allylic oxidation sites excluding steroid dienone is 1. The number of ether oxygens (including phenoxy) is 1. The topological polar surface area (TPSA) is 68.5 Å². The van der Waals surface area contributed by atoms with Crippen molar-refractivity contribution in [3.05, 3.63) is 39.8 Å². The Morgan fingerprint density at radius 2 is 1.81 bits per heavy atom. The zero-order valence-corrected chi connectivity index (χ0v) is 19.5. The highest BCUT2D eigenvalue weighted by atomic mass is 35.5. The van der Waals surface area contributed by atoms with E-state index in [9.17, 15) is 4.79 Å². The van der Waals surface area contributed by atoms with Gasteiger partial charge in [0, 0.05) is 42.5 Å². The molecule has 1 saturated carbocycles. The summed E-state index contributed by atoms with van der Waals surface area (Å²) in [7, 11) is 0. The molecule has 0 spiro atoms. The molecule has 0 N–H and O–H groups in total. The monoisotopic (exact) mass is 463 g/mol. The van der Waals surface area contributed by atoms with E-state index in [4.69, 9.17) is 32.5 Å². The first-order valence-corrected chi connectivity index (χ1v) is 11.4. The lowest BCUT2D eigenvalue weighted by molar-refractivity contribution is 0.0197. The lowest BCUT2D eigenvalue weighted by Gasteiger charge is -2.32. The van der Waals surface area contributed by atoms with Gasteiger partial charge in [-0.05, 0) is 52.4 Å². The molecule has 2 aromatic heterocycles. The number of piperidine rings is 1. The molecule has 2 aromatic rings. The Labute approximate surface area is 192 Å². The molecule has 1 aliphatic carbocycles. The predicted octanol–water partition coefficient (Wildman–Crippen LogP) is 6.58. The van der Waals surface area contributed by atoms with Crippen molar-refractivity contribution in [3.8, 4) is 11.3 Å². The minimum Gasteiger partial charge on any atom is -0.444 e. The van der Waals surface area contributed by atoms with E-state index in [1.165, 1.54) is 0 Å². The third kappa shape index (κ3) is 5.24. The van der Waals surface area contributed by atoms with E-state index in [0.717, 1.165) is 37.0 Å². The molecule has 0 bridgehead atoms. The summed E-state index contributed by atoms with van der Waals surface area (Å²) in [5.41, 5.74) is 1.76. The average molecular weight is 464 g/mol. The van der Waals surface area contributed by atoms with Gasteiger partial charge in [-0.3, -0.25) is 4.98 Å². The number of amides is 1. The van der Waals surface area contributed by atoms with Crippen LogP contribution in [0.3, 0.4) is 0 Å². The van der Waals surface area contributed by atoms with Gasteiger partial charge in [-0.15, -0.1) is 0 Å². The van der Waals surface area contributed by atoms with E-state index in [0.29, 0.717) is 46.2 Å². The van der Waals surface area contributed by atoms with Gasteiger partial charge in [-0.2, -0.15) is 0 Å². The highest BCUT2D eigenvalue weighted by molar-refractivity contribution is 6.39. The number of likely N-dealkylation sites (tertiary alicyclic amines) is 1. The maximum atomic E-state index is 12.3. The van der Waals surface area contributed by atoms with E-state index < -0.39 is 5.60 Å². The van der Waals surface area contributed by atoms with Gasteiger partial charge in [0.1, 0.15) is 17.1 Å². The summed E-state index contributed by atoms with van der Waals surface area (Å²) < 4.78 is 11.2. The van der Waals surface area contributed by atoms with Crippen LogP contribution in [0.25, 0.3) is 17.3 Å². The largest absolute Gasteiger partial charge is 0.444 e. The Morgan fingerprint density at radius 3 is 2.39 bits per heavy atom. The van der Waals surface area contributed by atoms with Crippen LogP contribution in [0.15, 0.2) is 23.0 Å². The van der Waals surface area contributed by atoms with Crippen molar-refractivity contribution in [2.24, 2.45) is 5.92 Å². The summed E-state index contributed by atoms with van der Waals surface area (Å²) >= 11 is 12.8. The standard InChI is InChI=1S/C23H27Cl2N3O3/c1-23(2,3)30-22(29)28-10-8-14(9-11-28)4-7-16-20(27-31-21(16)15-5-6-15)19-17(24)12-26-13-18(19)25/h4,7,12-15H,5-6,8-11H2,1-3H3/b7-4+. The quantitative estimate of drug-likeness (QED) is 0.511. The fourth-order valence-corrected chi connectivity index (χ4v) is 4.31. The Bertz CT molecular complexity index is 964. The molecule has 0 radical (unpaired) electrons. The van der Waals surface area contributed by atoms with Crippen LogP contribution in [-0.2, 0) is 4.74 Å². The van der Waals surface area contributed by atoms with Crippen LogP contribution in [0.1, 0.15) is 63.7 Å². The van der Waals surface area contributed by atoms with Gasteiger partial charge in [-0.1, -0.05) is 40.5 Å². The number of carbonyl (C=O) groups is 1. The number of pyridine rings is 1. The molecule has 8 heteroatoms. The second-order valence-electron chi connectivity index (χ2n) is 9.23. The summed E-state index contributed by atoms with van der Waals surface area (Å²) in [5.74, 6) is 1.65. The summed E-state index contributed by atoms with van der Waals surface area (Å²) in [5, 5.41) is 5.21. The van der Waals surface area contributed by atoms with Crippen LogP contribution >= 0.6 is 23.2 Å². The highest BCUT2D eigenvalue weighted by Crippen LogP contribution is 2.46. The number of aromatic nitrogens is 2. The molecule has 1 amide bonds. The van der Waals surface area contributed by atoms with Gasteiger partial charge in [0.25, 0.3) is 0 Å². The van der Waals surface area contributed by atoms with E-state index in [1.807, 2.05) is 20.8 Å². The predicted molar refractivity (Wildman–Crippen MR) is 121 cm³/mol. The molecular formula is C23H27Cl2N3O3. The first-order valence-electron chi connectivity index (χ1n) is 10.7. The van der Waals surface area contributed by atoms with E-state index >= 15 is 0 Å². The number of nitrogens with zero attached hydrogens (tertiary/aromatic N) is 3. The summed E-state index contributed by atoms with van der Waals surface area (Å²) in [6.45, 7) is 7.01. The van der Waals surface area contributed by atoms with Crippen LogP contribution in [-0.4, -0.2) is 39.8 Å². The minimum absolute atomic E-state index is 0.241. The molecule has 3 heterocycles. The first-order chi connectivity index (χ1) is 14.7. The zero-order valence-electron chi connectivity index (χ0n) is 18.0. The van der Waals surface area contributed by atoms with E-state index in [-0.39, 0.29) is 6.09 Å². The lowest BCUT2D eigenvalue weighted by atomic mass is 9.95. The number of hydrogen-bond acceptors (Lipinski definition) is 5. The zero-order chi connectivity index (χ0) is 22.2. The molecular weight excluding hydrogens is 437 g/mol. The molecule has 2 aliphatic rings. The van der Waals surface area contributed by atoms with E-state index in [1.54, 1.807) is 17.3 Å². The number of hydrogen-bond donors (Lipinski definition) is 0. The summed E-state index contributed by atoms with van der Waals surface area (Å²) in [6.07, 6.45) is 11.1. The van der Waals surface area contributed by atoms with Crippen molar-refractivity contribution in [2.45, 2.75) is 58.0 Å². The van der Waals surface area contributed by atoms with Crippen molar-refractivity contribution in [1.82, 2.24) is 15.0 Å². The van der Waals surface area contributed by atoms with Crippen LogP contribution in [0.2, 0.25) is 10.0 Å². The van der Waals surface area contributed by atoms with Crippen molar-refractivity contribution in [3.63, 3.8) is 0 Å². The molecule has 6 nitrogen and oxygen atoms in total. The maximum Gasteiger partial charge on any atom is 0.410 e. The van der Waals surface area contributed by atoms with Crippen molar-refractivity contribution in [1.29, 1.82) is 0 Å². The fraction of sp³-hybridized carbons (Fsp3) is 0.522. The Kier molecular flexibility index (Phi) is 6.31. The normalized spacial score (nSPS) is 18.0. The average Bonchev–Trinajstić information content (AvgIpc) is 3.46. The van der Waals surface area contributed by atoms with Gasteiger partial charge in [0.2, 0.25) is 0 Å². The van der Waals surface area contributed by atoms with Gasteiger partial charge in [0.05, 0.1) is 10.0 Å². The number of halogens is 2. The van der Waals surface area contributed by atoms with Crippen molar-refractivity contribution in [2.75, 3.05) is 13.1 Å². The van der Waals surface area contributed by atoms with Crippen molar-refractivity contribution < 1.29 is 14.1 Å². The summed E-state index contributed by atoms with van der Waals surface area (Å²) in [4.78, 5) is 18.1. The minimum atomic E-state index is -0.479. The molecule has 1 aliphatic heterocycles. The van der Waals surface area contributed by atoms with Crippen LogP contribution in [0.4, 0.5) is 4.79 Å². The lowest BCUT2D eigenvalue weighted by Crippen LogP contribution is -2.41. The third-order valence-corrected chi connectivity index (χ3v) is 6.09. The highest BCUT2D eigenvalue weighted by Gasteiger charge is 2.33. The molecule has 2 fully saturated rings. The third-order valence-electron chi connectivity index (χ3n) is 5.52. The molecule has 166 valence electrons. The van der Waals surface area contributed by atoms with Crippen LogP contribution in [0, 0.1) is 5.92 Å². The first kappa shape index (κ1) is 22.2. The summed E-state index contributed by atoms with van der Waals surface area (Å²) in [6, 6.07) is 0. The molecule has 0 atom stereocenters. The molecule has 1 saturated heterocycles. The van der Waals surface area contributed by atoms with E-state index in [2.05, 4.69) is 22.3 Å². The Morgan fingerprint density at radius 1 is 1.16 bits per heavy atom. The second kappa shape index (κ2) is 8.83. The fourth-order valence-electron chi connectivity index (χ4n) is 3.76. The molecule has 0 aromatic carbocycles. The Hall–Kier alpha value is -2.05. The van der Waals surface area contributed by atoms with Gasteiger partial charge < -0.3 is 14.2 Å². The van der Waals surface area contributed by atoms with Gasteiger partial charge in [-0.25, -0.2) is 4.79 Å². The van der Waals surface area contributed by atoms with Crippen LogP contribution in [0.5, 0.6) is 0 Å². The van der Waals surface area contributed by atoms with Gasteiger partial charge >= 0.3 is 6.09 Å². The maximum absolute atomic E-state index is 12.3. The SMILES string of the molecule is CC(C)(C)OC(=O)N1CCC(/C=C/c2c(-c3c(Cl)cncc3Cl)noc2C2CC2)CC1. The number of carbonyl (C=O) groups excluding carboxylic acids is 1. The number of rotatable bonds is 4. The van der Waals surface area contributed by atoms with Crippen LogP contribution < -0.4 is 0 Å². The molecule has 4 rings (SSSR count).